The number of carbonyl (C=O) groups is 4. The molecule has 9 nitrogen and oxygen atoms in total. The quantitative estimate of drug-likeness (QED) is 0.385. The Bertz CT molecular complexity index is 580. The summed E-state index contributed by atoms with van der Waals surface area (Å²) in [5.74, 6) is -2.12. The summed E-state index contributed by atoms with van der Waals surface area (Å²) >= 11 is 0. The van der Waals surface area contributed by atoms with Crippen LogP contribution >= 0.6 is 0 Å². The number of esters is 3. The van der Waals surface area contributed by atoms with Crippen LogP contribution in [0.15, 0.2) is 23.4 Å². The number of hydrogen-bond acceptors (Lipinski definition) is 7. The molecule has 0 radical (unpaired) electrons. The molecule has 0 saturated heterocycles. The highest BCUT2D eigenvalue weighted by Gasteiger charge is 2.30. The van der Waals surface area contributed by atoms with E-state index < -0.39 is 30.0 Å². The number of rotatable bonds is 7. The fraction of sp³-hybridized carbons (Fsp3) is 0.467. The molecule has 0 bridgehead atoms. The fourth-order valence-electron chi connectivity index (χ4n) is 1.91. The van der Waals surface area contributed by atoms with Crippen LogP contribution in [0.5, 0.6) is 0 Å². The van der Waals surface area contributed by atoms with Gasteiger partial charge in [-0.1, -0.05) is 0 Å². The van der Waals surface area contributed by atoms with Gasteiger partial charge in [0.05, 0.1) is 30.5 Å². The van der Waals surface area contributed by atoms with Crippen LogP contribution in [0.3, 0.4) is 0 Å². The first-order valence-electron chi connectivity index (χ1n) is 7.38. The summed E-state index contributed by atoms with van der Waals surface area (Å²) in [4.78, 5) is 46.2. The van der Waals surface area contributed by atoms with Gasteiger partial charge in [0.1, 0.15) is 6.61 Å². The normalized spacial score (nSPS) is 17.1. The van der Waals surface area contributed by atoms with E-state index in [1.807, 2.05) is 0 Å². The second-order valence-corrected chi connectivity index (χ2v) is 4.63. The molecule has 24 heavy (non-hydrogen) atoms. The summed E-state index contributed by atoms with van der Waals surface area (Å²) in [7, 11) is 0. The smallest absolute Gasteiger partial charge is 0.338 e. The van der Waals surface area contributed by atoms with E-state index in [-0.39, 0.29) is 31.1 Å². The molecule has 0 aromatic carbocycles. The minimum Gasteiger partial charge on any atom is -0.463 e. The van der Waals surface area contributed by atoms with Gasteiger partial charge in [-0.25, -0.2) is 19.2 Å². The Morgan fingerprint density at radius 2 is 1.62 bits per heavy atom. The number of hydrogen-bond donors (Lipinski definition) is 2. The molecule has 1 heterocycles. The third-order valence-corrected chi connectivity index (χ3v) is 2.87. The number of urea groups is 1. The summed E-state index contributed by atoms with van der Waals surface area (Å²) in [5, 5.41) is 4.93. The minimum absolute atomic E-state index is 0.127. The summed E-state index contributed by atoms with van der Waals surface area (Å²) in [6.45, 7) is 4.89. The minimum atomic E-state index is -0.820. The highest BCUT2D eigenvalue weighted by atomic mass is 16.5. The summed E-state index contributed by atoms with van der Waals surface area (Å²) in [6.07, 6.45) is 1.82. The van der Waals surface area contributed by atoms with Gasteiger partial charge in [-0.15, -0.1) is 0 Å². The monoisotopic (exact) mass is 340 g/mol. The Morgan fingerprint density at radius 1 is 1.04 bits per heavy atom. The topological polar surface area (TPSA) is 120 Å². The van der Waals surface area contributed by atoms with Crippen molar-refractivity contribution in [3.05, 3.63) is 23.4 Å². The summed E-state index contributed by atoms with van der Waals surface area (Å²) in [5.41, 5.74) is 0.293. The van der Waals surface area contributed by atoms with Gasteiger partial charge in [-0.05, 0) is 20.8 Å². The van der Waals surface area contributed by atoms with Crippen LogP contribution in [0.1, 0.15) is 20.8 Å². The zero-order chi connectivity index (χ0) is 18.1. The number of ether oxygens (including phenoxy) is 3. The molecule has 0 saturated carbocycles. The van der Waals surface area contributed by atoms with Gasteiger partial charge < -0.3 is 24.8 Å². The Labute approximate surface area is 139 Å². The molecule has 9 heteroatoms. The highest BCUT2D eigenvalue weighted by molar-refractivity contribution is 5.95. The molecule has 132 valence electrons. The lowest BCUT2D eigenvalue weighted by atomic mass is 10.0. The maximum atomic E-state index is 12.0. The first-order valence-corrected chi connectivity index (χ1v) is 7.38. The Morgan fingerprint density at radius 3 is 2.21 bits per heavy atom. The predicted octanol–water partition coefficient (Wildman–Crippen LogP) is 0.167. The van der Waals surface area contributed by atoms with E-state index in [0.717, 1.165) is 12.2 Å². The average molecular weight is 340 g/mol. The Kier molecular flexibility index (Phi) is 7.47. The SMILES string of the molecule is CCOC(=O)/C=C/C(=O)OCC1=C(C(=O)OCC)[C@H](C)NC(=O)N1. The second kappa shape index (κ2) is 9.33. The number of amides is 2. The van der Waals surface area contributed by atoms with Crippen molar-refractivity contribution in [3.63, 3.8) is 0 Å². The molecular formula is C15H20N2O7. The fourth-order valence-corrected chi connectivity index (χ4v) is 1.91. The van der Waals surface area contributed by atoms with Crippen molar-refractivity contribution in [1.82, 2.24) is 10.6 Å². The second-order valence-electron chi connectivity index (χ2n) is 4.63. The van der Waals surface area contributed by atoms with E-state index in [0.29, 0.717) is 0 Å². The van der Waals surface area contributed by atoms with Crippen LogP contribution in [0.25, 0.3) is 0 Å². The maximum Gasteiger partial charge on any atom is 0.338 e. The molecule has 0 spiro atoms. The molecule has 0 aromatic heterocycles. The van der Waals surface area contributed by atoms with Gasteiger partial charge in [0.25, 0.3) is 0 Å². The molecule has 1 atom stereocenters. The molecule has 1 rings (SSSR count). The summed E-state index contributed by atoms with van der Waals surface area (Å²) < 4.78 is 14.5. The van der Waals surface area contributed by atoms with Gasteiger partial charge >= 0.3 is 23.9 Å². The van der Waals surface area contributed by atoms with E-state index in [9.17, 15) is 19.2 Å². The molecule has 0 fully saturated rings. The van der Waals surface area contributed by atoms with E-state index in [1.165, 1.54) is 0 Å². The number of nitrogens with one attached hydrogen (secondary N) is 2. The maximum absolute atomic E-state index is 12.0. The van der Waals surface area contributed by atoms with E-state index in [4.69, 9.17) is 9.47 Å². The van der Waals surface area contributed by atoms with Crippen molar-refractivity contribution >= 4 is 23.9 Å². The summed E-state index contributed by atoms with van der Waals surface area (Å²) in [6, 6.07) is -1.12. The van der Waals surface area contributed by atoms with Crippen LogP contribution < -0.4 is 10.6 Å². The third kappa shape index (κ3) is 5.75. The van der Waals surface area contributed by atoms with E-state index in [1.54, 1.807) is 20.8 Å². The van der Waals surface area contributed by atoms with Gasteiger partial charge in [0.15, 0.2) is 0 Å². The zero-order valence-corrected chi connectivity index (χ0v) is 13.7. The molecule has 0 aromatic rings. The van der Waals surface area contributed by atoms with Gasteiger partial charge in [-0.3, -0.25) is 0 Å². The molecule has 2 N–H and O–H groups in total. The largest absolute Gasteiger partial charge is 0.463 e. The molecule has 0 aliphatic carbocycles. The Balaban J connectivity index is 2.78. The van der Waals surface area contributed by atoms with Crippen molar-refractivity contribution in [2.75, 3.05) is 19.8 Å². The van der Waals surface area contributed by atoms with Crippen LogP contribution in [-0.2, 0) is 28.6 Å². The van der Waals surface area contributed by atoms with Crippen molar-refractivity contribution in [1.29, 1.82) is 0 Å². The van der Waals surface area contributed by atoms with Crippen LogP contribution in [0.2, 0.25) is 0 Å². The lowest BCUT2D eigenvalue weighted by Gasteiger charge is -2.26. The first kappa shape index (κ1) is 19.2. The van der Waals surface area contributed by atoms with E-state index in [2.05, 4.69) is 15.4 Å². The lowest BCUT2D eigenvalue weighted by molar-refractivity contribution is -0.140. The third-order valence-electron chi connectivity index (χ3n) is 2.87. The predicted molar refractivity (Wildman–Crippen MR) is 81.5 cm³/mol. The highest BCUT2D eigenvalue weighted by Crippen LogP contribution is 2.14. The van der Waals surface area contributed by atoms with Gasteiger partial charge in [-0.2, -0.15) is 0 Å². The first-order chi connectivity index (χ1) is 11.4. The van der Waals surface area contributed by atoms with Crippen LogP contribution in [-0.4, -0.2) is 49.8 Å². The molecule has 1 aliphatic heterocycles. The lowest BCUT2D eigenvalue weighted by Crippen LogP contribution is -2.50. The number of carbonyl (C=O) groups excluding carboxylic acids is 4. The zero-order valence-electron chi connectivity index (χ0n) is 13.7. The van der Waals surface area contributed by atoms with Crippen molar-refractivity contribution < 1.29 is 33.4 Å². The van der Waals surface area contributed by atoms with Crippen molar-refractivity contribution in [2.24, 2.45) is 0 Å². The molecular weight excluding hydrogens is 320 g/mol. The van der Waals surface area contributed by atoms with Crippen molar-refractivity contribution in [2.45, 2.75) is 26.8 Å². The molecule has 2 amide bonds. The standard InChI is InChI=1S/C15H20N2O7/c1-4-22-11(18)6-7-12(19)24-8-10-13(14(20)23-5-2)9(3)16-15(21)17-10/h6-7,9H,4-5,8H2,1-3H3,(H2,16,17,21)/b7-6+/t9-/m0/s1. The van der Waals surface area contributed by atoms with Crippen LogP contribution in [0, 0.1) is 0 Å². The molecule has 0 unspecified atom stereocenters. The van der Waals surface area contributed by atoms with Gasteiger partial charge in [0, 0.05) is 12.2 Å². The average Bonchev–Trinajstić information content (AvgIpc) is 2.50. The van der Waals surface area contributed by atoms with Crippen LogP contribution in [0.4, 0.5) is 4.79 Å². The Hall–Kier alpha value is -2.84. The van der Waals surface area contributed by atoms with Crippen molar-refractivity contribution in [3.8, 4) is 0 Å². The van der Waals surface area contributed by atoms with E-state index >= 15 is 0 Å². The molecule has 1 aliphatic rings. The van der Waals surface area contributed by atoms with Gasteiger partial charge in [0.2, 0.25) is 0 Å².